The molecule has 0 aliphatic rings. The molecule has 2 unspecified atom stereocenters. The number of aliphatic hydroxyl groups is 1. The fourth-order valence-corrected chi connectivity index (χ4v) is 5.04. The molecule has 37 heavy (non-hydrogen) atoms. The second-order valence-corrected chi connectivity index (χ2v) is 11.6. The number of amides is 1. The second kappa shape index (κ2) is 29.7. The summed E-state index contributed by atoms with van der Waals surface area (Å²) in [7, 11) is 0. The van der Waals surface area contributed by atoms with Crippen molar-refractivity contribution >= 4 is 5.91 Å². The second-order valence-electron chi connectivity index (χ2n) is 11.6. The number of unbranched alkanes of at least 4 members (excludes halogenated alkanes) is 23. The Bertz CT molecular complexity index is 490. The Balaban J connectivity index is 3.50. The monoisotopic (exact) mass is 522 g/mol. The van der Waals surface area contributed by atoms with E-state index in [-0.39, 0.29) is 11.9 Å². The van der Waals surface area contributed by atoms with Crippen LogP contribution >= 0.6 is 0 Å². The molecule has 0 heterocycles. The number of aliphatic hydroxyl groups excluding tert-OH is 1. The third kappa shape index (κ3) is 28.0. The first-order chi connectivity index (χ1) is 18.1. The lowest BCUT2D eigenvalue weighted by molar-refractivity contribution is -0.122. The lowest BCUT2D eigenvalue weighted by Crippen LogP contribution is -2.40. The number of allylic oxidation sites excluding steroid dienone is 1. The summed E-state index contributed by atoms with van der Waals surface area (Å²) in [5.74, 6) is 0.0772. The van der Waals surface area contributed by atoms with Gasteiger partial charge in [0.1, 0.15) is 0 Å². The third-order valence-electron chi connectivity index (χ3n) is 7.72. The Morgan fingerprint density at radius 2 is 0.946 bits per heavy atom. The molecule has 0 aliphatic heterocycles. The number of nitrogens with one attached hydrogen (secondary N) is 1. The van der Waals surface area contributed by atoms with E-state index in [2.05, 4.69) is 25.2 Å². The summed E-state index contributed by atoms with van der Waals surface area (Å²) >= 11 is 0. The van der Waals surface area contributed by atoms with E-state index in [0.717, 1.165) is 19.3 Å². The Labute approximate surface area is 233 Å². The Hall–Kier alpha value is -0.830. The van der Waals surface area contributed by atoms with Gasteiger partial charge in [-0.25, -0.2) is 0 Å². The van der Waals surface area contributed by atoms with Gasteiger partial charge in [-0.05, 0) is 26.2 Å². The van der Waals surface area contributed by atoms with E-state index in [0.29, 0.717) is 6.42 Å². The fraction of sp³-hybridized carbons (Fsp3) is 0.912. The normalized spacial score (nSPS) is 13.3. The average molecular weight is 522 g/mol. The van der Waals surface area contributed by atoms with Gasteiger partial charge in [0, 0.05) is 6.42 Å². The zero-order chi connectivity index (χ0) is 27.2. The highest BCUT2D eigenvalue weighted by Gasteiger charge is 2.13. The van der Waals surface area contributed by atoms with Crippen LogP contribution in [-0.4, -0.2) is 23.2 Å². The zero-order valence-electron chi connectivity index (χ0n) is 25.5. The molecule has 0 aromatic carbocycles. The molecule has 0 aromatic heterocycles. The molecule has 3 heteroatoms. The van der Waals surface area contributed by atoms with Crippen LogP contribution < -0.4 is 5.32 Å². The van der Waals surface area contributed by atoms with Crippen LogP contribution in [0.3, 0.4) is 0 Å². The minimum Gasteiger partial charge on any atom is -0.387 e. The van der Waals surface area contributed by atoms with E-state index in [9.17, 15) is 9.90 Å². The molecule has 3 nitrogen and oxygen atoms in total. The van der Waals surface area contributed by atoms with Crippen LogP contribution in [0.15, 0.2) is 12.2 Å². The van der Waals surface area contributed by atoms with E-state index in [1.807, 2.05) is 13.0 Å². The molecule has 1 amide bonds. The maximum absolute atomic E-state index is 12.2. The molecular formula is C34H67NO2. The predicted molar refractivity (Wildman–Crippen MR) is 164 cm³/mol. The largest absolute Gasteiger partial charge is 0.387 e. The fourth-order valence-electron chi connectivity index (χ4n) is 5.04. The molecule has 0 radical (unpaired) electrons. The smallest absolute Gasteiger partial charge is 0.220 e. The van der Waals surface area contributed by atoms with Crippen molar-refractivity contribution in [1.29, 1.82) is 0 Å². The topological polar surface area (TPSA) is 49.3 Å². The summed E-state index contributed by atoms with van der Waals surface area (Å²) in [5.41, 5.74) is 0. The van der Waals surface area contributed by atoms with Gasteiger partial charge >= 0.3 is 0 Å². The highest BCUT2D eigenvalue weighted by Crippen LogP contribution is 2.14. The maximum Gasteiger partial charge on any atom is 0.220 e. The molecule has 0 fully saturated rings. The summed E-state index contributed by atoms with van der Waals surface area (Å²) in [6.07, 6.45) is 37.0. The molecule has 220 valence electrons. The van der Waals surface area contributed by atoms with Gasteiger partial charge in [-0.3, -0.25) is 4.79 Å². The van der Waals surface area contributed by atoms with Crippen molar-refractivity contribution in [1.82, 2.24) is 5.32 Å². The molecule has 0 aromatic rings. The minimum atomic E-state index is -0.594. The molecule has 0 saturated carbocycles. The molecule has 0 bridgehead atoms. The van der Waals surface area contributed by atoms with Crippen molar-refractivity contribution in [3.8, 4) is 0 Å². The molecule has 0 rings (SSSR count). The Morgan fingerprint density at radius 1 is 0.595 bits per heavy atom. The van der Waals surface area contributed by atoms with Crippen LogP contribution in [0, 0.1) is 0 Å². The van der Waals surface area contributed by atoms with Crippen molar-refractivity contribution in [2.24, 2.45) is 0 Å². The molecule has 0 saturated heterocycles. The van der Waals surface area contributed by atoms with Gasteiger partial charge in [-0.15, -0.1) is 0 Å². The standard InChI is InChI=1S/C34H67NO2/c1-4-6-8-10-12-14-16-18-20-22-24-26-28-30-33(36)32(3)35-34(37)31-29-27-25-23-21-19-17-15-13-11-9-7-5-2/h28,30,32-33,36H,4-27,29,31H2,1-3H3,(H,35,37)/b30-28+. The van der Waals surface area contributed by atoms with Crippen molar-refractivity contribution in [2.75, 3.05) is 0 Å². The first kappa shape index (κ1) is 36.2. The van der Waals surface area contributed by atoms with E-state index in [1.165, 1.54) is 141 Å². The predicted octanol–water partition coefficient (Wildman–Crippen LogP) is 10.6. The SMILES string of the molecule is CCCCCCCCCCCCC/C=C/C(O)C(C)NC(=O)CCCCCCCCCCCCCCC. The highest BCUT2D eigenvalue weighted by molar-refractivity contribution is 5.76. The summed E-state index contributed by atoms with van der Waals surface area (Å²) in [5, 5.41) is 13.3. The van der Waals surface area contributed by atoms with Gasteiger partial charge in [0.25, 0.3) is 0 Å². The van der Waals surface area contributed by atoms with E-state index in [1.54, 1.807) is 0 Å². The van der Waals surface area contributed by atoms with Crippen molar-refractivity contribution in [2.45, 2.75) is 200 Å². The van der Waals surface area contributed by atoms with Crippen molar-refractivity contribution in [3.05, 3.63) is 12.2 Å². The van der Waals surface area contributed by atoms with Gasteiger partial charge in [-0.1, -0.05) is 167 Å². The van der Waals surface area contributed by atoms with Crippen LogP contribution in [0.1, 0.15) is 188 Å². The molecule has 2 atom stereocenters. The van der Waals surface area contributed by atoms with Gasteiger partial charge in [0.2, 0.25) is 5.91 Å². The summed E-state index contributed by atoms with van der Waals surface area (Å²) in [4.78, 5) is 12.2. The van der Waals surface area contributed by atoms with E-state index < -0.39 is 6.10 Å². The van der Waals surface area contributed by atoms with Crippen molar-refractivity contribution in [3.63, 3.8) is 0 Å². The van der Waals surface area contributed by atoms with Gasteiger partial charge in [-0.2, -0.15) is 0 Å². The average Bonchev–Trinajstić information content (AvgIpc) is 2.89. The van der Waals surface area contributed by atoms with Crippen LogP contribution in [-0.2, 0) is 4.79 Å². The van der Waals surface area contributed by atoms with Gasteiger partial charge in [0.05, 0.1) is 12.1 Å². The van der Waals surface area contributed by atoms with Gasteiger partial charge in [0.15, 0.2) is 0 Å². The van der Waals surface area contributed by atoms with Crippen LogP contribution in [0.25, 0.3) is 0 Å². The molecule has 0 aliphatic carbocycles. The maximum atomic E-state index is 12.2. The third-order valence-corrected chi connectivity index (χ3v) is 7.72. The van der Waals surface area contributed by atoms with E-state index in [4.69, 9.17) is 0 Å². The summed E-state index contributed by atoms with van der Waals surface area (Å²) < 4.78 is 0. The van der Waals surface area contributed by atoms with Crippen LogP contribution in [0.4, 0.5) is 0 Å². The van der Waals surface area contributed by atoms with Crippen LogP contribution in [0.2, 0.25) is 0 Å². The molecule has 0 spiro atoms. The number of carbonyl (C=O) groups is 1. The lowest BCUT2D eigenvalue weighted by atomic mass is 10.0. The number of rotatable bonds is 29. The number of carbonyl (C=O) groups excluding carboxylic acids is 1. The van der Waals surface area contributed by atoms with Gasteiger partial charge < -0.3 is 10.4 Å². The highest BCUT2D eigenvalue weighted by atomic mass is 16.3. The Morgan fingerprint density at radius 3 is 1.35 bits per heavy atom. The van der Waals surface area contributed by atoms with E-state index >= 15 is 0 Å². The zero-order valence-corrected chi connectivity index (χ0v) is 25.5. The first-order valence-electron chi connectivity index (χ1n) is 16.8. The number of hydrogen-bond donors (Lipinski definition) is 2. The van der Waals surface area contributed by atoms with Crippen molar-refractivity contribution < 1.29 is 9.90 Å². The first-order valence-corrected chi connectivity index (χ1v) is 16.8. The van der Waals surface area contributed by atoms with Crippen LogP contribution in [0.5, 0.6) is 0 Å². The molecule has 2 N–H and O–H groups in total. The summed E-state index contributed by atoms with van der Waals surface area (Å²) in [6, 6.07) is -0.219. The minimum absolute atomic E-state index is 0.0772. The number of hydrogen-bond acceptors (Lipinski definition) is 2. The Kier molecular flexibility index (Phi) is 29.1. The lowest BCUT2D eigenvalue weighted by Gasteiger charge is -2.17. The quantitative estimate of drug-likeness (QED) is 0.0759. The summed E-state index contributed by atoms with van der Waals surface area (Å²) in [6.45, 7) is 6.45. The molecular weight excluding hydrogens is 454 g/mol.